The zero-order valence-corrected chi connectivity index (χ0v) is 27.6. The molecule has 0 unspecified atom stereocenters. The quantitative estimate of drug-likeness (QED) is 0.180. The molecule has 0 aromatic heterocycles. The second kappa shape index (κ2) is 16.4. The Morgan fingerprint density at radius 3 is 1.45 bits per heavy atom. The van der Waals surface area contributed by atoms with Crippen LogP contribution >= 0.6 is 24.8 Å². The molecule has 0 N–H and O–H groups in total. The molecule has 0 atom stereocenters. The molecule has 0 saturated heterocycles. The van der Waals surface area contributed by atoms with Gasteiger partial charge in [0.1, 0.15) is 0 Å². The first-order valence-corrected chi connectivity index (χ1v) is 14.1. The van der Waals surface area contributed by atoms with Gasteiger partial charge in [0.15, 0.2) is 0 Å². The number of allylic oxidation sites excluding steroid dienone is 4. The standard InChI is InChI=1S/C17H19N2.C13H10.C5H5.2ClH.Zr/c1-18(2)14-5-7-16-12(10-14)9-13-11-15(19(3)4)6-8-17(13)16;1-3-7-12(8-4-1)11-13-9-5-2-6-10-13;1-2-4-5-3-1;;;/h5-11H,1-4H3;1-10H;1-3H,4H2;2*1H;/q-1;;-1;;;+2. The molecule has 0 amide bonds. The van der Waals surface area contributed by atoms with E-state index in [2.05, 4.69) is 153 Å². The van der Waals surface area contributed by atoms with Crippen LogP contribution in [0.3, 0.4) is 0 Å². The van der Waals surface area contributed by atoms with Gasteiger partial charge in [0.2, 0.25) is 0 Å². The number of hydrogen-bond donors (Lipinski definition) is 0. The van der Waals surface area contributed by atoms with Crippen molar-refractivity contribution in [3.63, 3.8) is 0 Å². The van der Waals surface area contributed by atoms with Crippen LogP contribution < -0.4 is 9.80 Å². The van der Waals surface area contributed by atoms with Crippen molar-refractivity contribution in [1.82, 2.24) is 0 Å². The maximum absolute atomic E-state index is 2.99. The Morgan fingerprint density at radius 2 is 1.12 bits per heavy atom. The molecule has 1 aliphatic carbocycles. The normalized spacial score (nSPS) is 10.9. The second-order valence-electron chi connectivity index (χ2n) is 9.59. The van der Waals surface area contributed by atoms with Crippen molar-refractivity contribution < 1.29 is 24.2 Å². The van der Waals surface area contributed by atoms with Crippen molar-refractivity contribution in [3.05, 3.63) is 139 Å². The van der Waals surface area contributed by atoms with E-state index in [0.717, 1.165) is 6.42 Å². The van der Waals surface area contributed by atoms with Gasteiger partial charge < -0.3 is 9.80 Å². The van der Waals surface area contributed by atoms with Crippen molar-refractivity contribution in [3.8, 4) is 0 Å². The summed E-state index contributed by atoms with van der Waals surface area (Å²) in [6.45, 7) is 0. The second-order valence-corrected chi connectivity index (χ2v) is 10.8. The molecule has 1 aliphatic rings. The van der Waals surface area contributed by atoms with Crippen LogP contribution in [0.2, 0.25) is 0 Å². The van der Waals surface area contributed by atoms with Crippen molar-refractivity contribution in [2.45, 2.75) is 6.42 Å². The maximum atomic E-state index is 2.99. The van der Waals surface area contributed by atoms with E-state index in [9.17, 15) is 0 Å². The van der Waals surface area contributed by atoms with Gasteiger partial charge in [-0.1, -0.05) is 36.4 Å². The first-order chi connectivity index (χ1) is 18.4. The molecule has 0 heterocycles. The average Bonchev–Trinajstić information content (AvgIpc) is 3.65. The molecule has 6 rings (SSSR count). The first-order valence-electron chi connectivity index (χ1n) is 12.8. The average molecular weight is 647 g/mol. The fraction of sp³-hybridized carbons (Fsp3) is 0.143. The van der Waals surface area contributed by atoms with Gasteiger partial charge in [0.05, 0.1) is 0 Å². The molecular weight excluding hydrogens is 611 g/mol. The van der Waals surface area contributed by atoms with Crippen molar-refractivity contribution in [1.29, 1.82) is 0 Å². The zero-order chi connectivity index (χ0) is 26.9. The van der Waals surface area contributed by atoms with Gasteiger partial charge >= 0.3 is 99.2 Å². The van der Waals surface area contributed by atoms with Crippen LogP contribution in [0.5, 0.6) is 0 Å². The van der Waals surface area contributed by atoms with E-state index in [0.29, 0.717) is 0 Å². The van der Waals surface area contributed by atoms with Gasteiger partial charge in [-0.05, 0) is 0 Å². The summed E-state index contributed by atoms with van der Waals surface area (Å²) in [5.74, 6) is 0. The van der Waals surface area contributed by atoms with Crippen LogP contribution in [-0.2, 0) is 24.2 Å². The van der Waals surface area contributed by atoms with Crippen LogP contribution in [-0.4, -0.2) is 31.4 Å². The third kappa shape index (κ3) is 8.83. The molecule has 0 saturated carbocycles. The number of anilines is 2. The molecule has 0 bridgehead atoms. The monoisotopic (exact) mass is 644 g/mol. The summed E-state index contributed by atoms with van der Waals surface area (Å²) in [6, 6.07) is 36.7. The predicted molar refractivity (Wildman–Crippen MR) is 178 cm³/mol. The molecule has 0 aliphatic heterocycles. The van der Waals surface area contributed by atoms with Crippen LogP contribution in [0.25, 0.3) is 21.5 Å². The number of nitrogens with zero attached hydrogens (tertiary/aromatic N) is 2. The molecule has 2 nitrogen and oxygen atoms in total. The van der Waals surface area contributed by atoms with Crippen molar-refractivity contribution in [2.75, 3.05) is 38.0 Å². The van der Waals surface area contributed by atoms with Gasteiger partial charge in [0.25, 0.3) is 0 Å². The fourth-order valence-electron chi connectivity index (χ4n) is 4.27. The number of benzene rings is 4. The summed E-state index contributed by atoms with van der Waals surface area (Å²) in [7, 11) is 8.31. The molecule has 204 valence electrons. The van der Waals surface area contributed by atoms with Gasteiger partial charge in [-0.25, -0.2) is 12.2 Å². The fourth-order valence-corrected chi connectivity index (χ4v) is 5.09. The number of hydrogen-bond acceptors (Lipinski definition) is 2. The van der Waals surface area contributed by atoms with Crippen molar-refractivity contribution >= 4 is 60.9 Å². The van der Waals surface area contributed by atoms with E-state index in [-0.39, 0.29) is 24.8 Å². The van der Waals surface area contributed by atoms with E-state index in [1.807, 2.05) is 12.2 Å². The Morgan fingerprint density at radius 1 is 0.675 bits per heavy atom. The Labute approximate surface area is 266 Å². The van der Waals surface area contributed by atoms with E-state index in [1.165, 1.54) is 71.5 Å². The van der Waals surface area contributed by atoms with Gasteiger partial charge in [-0.2, -0.15) is 6.08 Å². The number of rotatable bonds is 4. The SMILES string of the molecule is CN(C)c1ccc2c(c1)[cH-]c1cc(N(C)C)ccc12.Cl.Cl.[C-]1=CC=CC1.[Zr+2]=[C](c1ccccc1)c1ccccc1. The summed E-state index contributed by atoms with van der Waals surface area (Å²) in [5.41, 5.74) is 5.15. The van der Waals surface area contributed by atoms with E-state index < -0.39 is 0 Å². The van der Waals surface area contributed by atoms with E-state index in [1.54, 1.807) is 0 Å². The molecule has 0 spiro atoms. The van der Waals surface area contributed by atoms with Crippen LogP contribution in [0, 0.1) is 6.08 Å². The number of fused-ring (bicyclic) bond motifs is 3. The number of halogens is 2. The van der Waals surface area contributed by atoms with Gasteiger partial charge in [-0.15, -0.1) is 58.8 Å². The summed E-state index contributed by atoms with van der Waals surface area (Å²) in [5, 5.41) is 5.31. The Balaban J connectivity index is 0.000000235. The Bertz CT molecular complexity index is 1440. The van der Waals surface area contributed by atoms with E-state index in [4.69, 9.17) is 0 Å². The van der Waals surface area contributed by atoms with Crippen LogP contribution in [0.1, 0.15) is 17.5 Å². The summed E-state index contributed by atoms with van der Waals surface area (Å²) >= 11 is 1.46. The van der Waals surface area contributed by atoms with E-state index >= 15 is 0 Å². The summed E-state index contributed by atoms with van der Waals surface area (Å²) in [6.07, 6.45) is 10.0. The minimum atomic E-state index is 0. The third-order valence-electron chi connectivity index (χ3n) is 6.42. The van der Waals surface area contributed by atoms with Crippen LogP contribution in [0.15, 0.2) is 121 Å². The topological polar surface area (TPSA) is 6.48 Å². The molecule has 40 heavy (non-hydrogen) atoms. The third-order valence-corrected chi connectivity index (χ3v) is 7.83. The molecule has 0 fully saturated rings. The molecule has 5 aromatic rings. The first kappa shape index (κ1) is 33.4. The predicted octanol–water partition coefficient (Wildman–Crippen LogP) is 8.80. The molecule has 5 aromatic carbocycles. The van der Waals surface area contributed by atoms with Gasteiger partial charge in [-0.3, -0.25) is 6.08 Å². The molecular formula is C35H36Cl2N2Zr. The zero-order valence-electron chi connectivity index (χ0n) is 23.5. The summed E-state index contributed by atoms with van der Waals surface area (Å²) in [4.78, 5) is 4.28. The van der Waals surface area contributed by atoms with Crippen molar-refractivity contribution in [2.24, 2.45) is 0 Å². The Kier molecular flexibility index (Phi) is 13.7. The van der Waals surface area contributed by atoms with Gasteiger partial charge in [0, 0.05) is 39.6 Å². The molecule has 5 heteroatoms. The van der Waals surface area contributed by atoms with Crippen LogP contribution in [0.4, 0.5) is 11.4 Å². The minimum absolute atomic E-state index is 0. The molecule has 0 radical (unpaired) electrons. The summed E-state index contributed by atoms with van der Waals surface area (Å²) < 4.78 is 1.42. The Hall–Kier alpha value is -2.84.